The van der Waals surface area contributed by atoms with Gasteiger partial charge in [-0.25, -0.2) is 8.42 Å². The first kappa shape index (κ1) is 13.7. The minimum absolute atomic E-state index is 0.103. The van der Waals surface area contributed by atoms with E-state index in [1.807, 2.05) is 0 Å². The van der Waals surface area contributed by atoms with Crippen LogP contribution in [0, 0.1) is 10.1 Å². The summed E-state index contributed by atoms with van der Waals surface area (Å²) in [5, 5.41) is 13.6. The predicted octanol–water partition coefficient (Wildman–Crippen LogP) is 0.902. The number of rotatable bonds is 4. The Morgan fingerprint density at radius 3 is 2.61 bits per heavy atom. The topological polar surface area (TPSA) is 92.6 Å². The molecule has 18 heavy (non-hydrogen) atoms. The number of nitrogens with zero attached hydrogens (tertiary/aromatic N) is 2. The summed E-state index contributed by atoms with van der Waals surface area (Å²) in [7, 11) is -2.25. The molecule has 1 fully saturated rings. The van der Waals surface area contributed by atoms with Gasteiger partial charge >= 0.3 is 0 Å². The van der Waals surface area contributed by atoms with Crippen LogP contribution in [0.15, 0.2) is 10.3 Å². The van der Waals surface area contributed by atoms with Crippen LogP contribution in [-0.2, 0) is 10.0 Å². The quantitative estimate of drug-likeness (QED) is 0.659. The largest absolute Gasteiger partial charge is 0.313 e. The SMILES string of the molecule is CN(C1CNC1)S(=O)(=O)c1cc([N+](=O)[O-])c(Cl)s1. The second-order valence-electron chi connectivity index (χ2n) is 3.81. The maximum absolute atomic E-state index is 12.2. The monoisotopic (exact) mass is 311 g/mol. The second kappa shape index (κ2) is 4.74. The average molecular weight is 312 g/mol. The van der Waals surface area contributed by atoms with Crippen LogP contribution >= 0.6 is 22.9 Å². The molecule has 1 aliphatic rings. The van der Waals surface area contributed by atoms with E-state index in [2.05, 4.69) is 5.32 Å². The lowest BCUT2D eigenvalue weighted by Crippen LogP contribution is -2.57. The Kier molecular flexibility index (Phi) is 3.60. The molecule has 0 amide bonds. The van der Waals surface area contributed by atoms with Crippen LogP contribution in [0.2, 0.25) is 4.34 Å². The fourth-order valence-electron chi connectivity index (χ4n) is 1.46. The van der Waals surface area contributed by atoms with Gasteiger partial charge < -0.3 is 5.32 Å². The van der Waals surface area contributed by atoms with Gasteiger partial charge in [0.2, 0.25) is 0 Å². The number of likely N-dealkylation sites (N-methyl/N-ethyl adjacent to an activating group) is 1. The summed E-state index contributed by atoms with van der Waals surface area (Å²) in [6.45, 7) is 1.16. The first-order chi connectivity index (χ1) is 8.34. The number of hydrogen-bond donors (Lipinski definition) is 1. The van der Waals surface area contributed by atoms with Crippen LogP contribution in [0.5, 0.6) is 0 Å². The van der Waals surface area contributed by atoms with Gasteiger partial charge in [0.1, 0.15) is 4.21 Å². The molecule has 7 nitrogen and oxygen atoms in total. The van der Waals surface area contributed by atoms with E-state index >= 15 is 0 Å². The fraction of sp³-hybridized carbons (Fsp3) is 0.500. The lowest BCUT2D eigenvalue weighted by Gasteiger charge is -2.34. The molecule has 100 valence electrons. The first-order valence-electron chi connectivity index (χ1n) is 4.96. The Morgan fingerprint density at radius 1 is 1.61 bits per heavy atom. The summed E-state index contributed by atoms with van der Waals surface area (Å²) in [4.78, 5) is 9.95. The van der Waals surface area contributed by atoms with Gasteiger partial charge in [0.25, 0.3) is 15.7 Å². The maximum atomic E-state index is 12.2. The summed E-state index contributed by atoms with van der Waals surface area (Å²) in [5.74, 6) is 0. The standard InChI is InChI=1S/C8H10ClN3O4S2/c1-11(5-3-10-4-5)18(15,16)7-2-6(12(13)14)8(9)17-7/h2,5,10H,3-4H2,1H3. The lowest BCUT2D eigenvalue weighted by molar-refractivity contribution is -0.384. The molecule has 10 heteroatoms. The summed E-state index contributed by atoms with van der Waals surface area (Å²) in [5.41, 5.74) is -0.375. The van der Waals surface area contributed by atoms with Gasteiger partial charge in [0, 0.05) is 32.2 Å². The van der Waals surface area contributed by atoms with Crippen LogP contribution < -0.4 is 5.32 Å². The normalized spacial score (nSPS) is 16.8. The van der Waals surface area contributed by atoms with E-state index in [0.29, 0.717) is 24.4 Å². The van der Waals surface area contributed by atoms with Gasteiger partial charge in [-0.3, -0.25) is 10.1 Å². The van der Waals surface area contributed by atoms with E-state index in [-0.39, 0.29) is 20.3 Å². The molecule has 0 unspecified atom stereocenters. The number of nitro groups is 1. The zero-order valence-corrected chi connectivity index (χ0v) is 11.7. The lowest BCUT2D eigenvalue weighted by atomic mass is 10.2. The van der Waals surface area contributed by atoms with Crippen molar-refractivity contribution in [2.45, 2.75) is 10.3 Å². The fourth-order valence-corrected chi connectivity index (χ4v) is 4.66. The van der Waals surface area contributed by atoms with Crippen molar-refractivity contribution in [3.63, 3.8) is 0 Å². The van der Waals surface area contributed by atoms with Crippen molar-refractivity contribution in [2.75, 3.05) is 20.1 Å². The van der Waals surface area contributed by atoms with Crippen LogP contribution in [0.1, 0.15) is 0 Å². The van der Waals surface area contributed by atoms with Crippen molar-refractivity contribution in [3.8, 4) is 0 Å². The Morgan fingerprint density at radius 2 is 2.22 bits per heavy atom. The average Bonchev–Trinajstić information content (AvgIpc) is 2.58. The predicted molar refractivity (Wildman–Crippen MR) is 67.6 cm³/mol. The van der Waals surface area contributed by atoms with Gasteiger partial charge in [-0.05, 0) is 0 Å². The molecule has 0 aliphatic carbocycles. The van der Waals surface area contributed by atoms with Crippen LogP contribution in [0.4, 0.5) is 5.69 Å². The third-order valence-corrected chi connectivity index (χ3v) is 6.45. The zero-order chi connectivity index (χ0) is 13.5. The minimum Gasteiger partial charge on any atom is -0.313 e. The Hall–Kier alpha value is -0.740. The molecule has 1 aromatic heterocycles. The summed E-state index contributed by atoms with van der Waals surface area (Å²) in [6, 6.07) is 0.889. The van der Waals surface area contributed by atoms with E-state index in [1.165, 1.54) is 11.4 Å². The van der Waals surface area contributed by atoms with Gasteiger partial charge in [-0.15, -0.1) is 11.3 Å². The van der Waals surface area contributed by atoms with Gasteiger partial charge in [0.15, 0.2) is 4.34 Å². The molecule has 0 bridgehead atoms. The highest BCUT2D eigenvalue weighted by atomic mass is 35.5. The van der Waals surface area contributed by atoms with Crippen LogP contribution in [-0.4, -0.2) is 43.8 Å². The van der Waals surface area contributed by atoms with Gasteiger partial charge in [-0.1, -0.05) is 11.6 Å². The molecule has 0 radical (unpaired) electrons. The Bertz CT molecular complexity index is 581. The summed E-state index contributed by atoms with van der Waals surface area (Å²) in [6.07, 6.45) is 0. The van der Waals surface area contributed by atoms with E-state index in [1.54, 1.807) is 0 Å². The van der Waals surface area contributed by atoms with Crippen molar-refractivity contribution >= 4 is 38.6 Å². The number of thiophene rings is 1. The molecule has 0 spiro atoms. The van der Waals surface area contributed by atoms with Crippen molar-refractivity contribution in [3.05, 3.63) is 20.5 Å². The van der Waals surface area contributed by atoms with Crippen LogP contribution in [0.3, 0.4) is 0 Å². The van der Waals surface area contributed by atoms with Crippen molar-refractivity contribution in [1.29, 1.82) is 0 Å². The smallest absolute Gasteiger partial charge is 0.300 e. The third-order valence-electron chi connectivity index (χ3n) is 2.75. The zero-order valence-electron chi connectivity index (χ0n) is 9.29. The molecule has 2 rings (SSSR count). The summed E-state index contributed by atoms with van der Waals surface area (Å²) < 4.78 is 25.4. The number of hydrogen-bond acceptors (Lipinski definition) is 6. The van der Waals surface area contributed by atoms with Crippen molar-refractivity contribution in [2.24, 2.45) is 0 Å². The van der Waals surface area contributed by atoms with Gasteiger partial charge in [0.05, 0.1) is 4.92 Å². The summed E-state index contributed by atoms with van der Waals surface area (Å²) >= 11 is 6.36. The molecule has 1 aromatic rings. The van der Waals surface area contributed by atoms with Gasteiger partial charge in [-0.2, -0.15) is 4.31 Å². The molecule has 0 aromatic carbocycles. The first-order valence-corrected chi connectivity index (χ1v) is 7.60. The molecular formula is C8H10ClN3O4S2. The minimum atomic E-state index is -3.71. The van der Waals surface area contributed by atoms with E-state index in [4.69, 9.17) is 11.6 Å². The van der Waals surface area contributed by atoms with E-state index in [9.17, 15) is 18.5 Å². The second-order valence-corrected chi connectivity index (χ2v) is 7.69. The molecule has 1 saturated heterocycles. The molecule has 2 heterocycles. The molecule has 0 saturated carbocycles. The highest BCUT2D eigenvalue weighted by molar-refractivity contribution is 7.91. The van der Waals surface area contributed by atoms with E-state index < -0.39 is 14.9 Å². The Labute approximate surface area is 113 Å². The van der Waals surface area contributed by atoms with Crippen molar-refractivity contribution < 1.29 is 13.3 Å². The molecule has 1 N–H and O–H groups in total. The van der Waals surface area contributed by atoms with E-state index in [0.717, 1.165) is 6.07 Å². The molecule has 1 aliphatic heterocycles. The Balaban J connectivity index is 2.35. The molecule has 0 atom stereocenters. The number of nitrogens with one attached hydrogen (secondary N) is 1. The van der Waals surface area contributed by atoms with Crippen LogP contribution in [0.25, 0.3) is 0 Å². The third kappa shape index (κ3) is 2.24. The molecular weight excluding hydrogens is 302 g/mol. The highest BCUT2D eigenvalue weighted by Crippen LogP contribution is 2.37. The maximum Gasteiger partial charge on any atom is 0.300 e. The number of halogens is 1. The highest BCUT2D eigenvalue weighted by Gasteiger charge is 2.34. The van der Waals surface area contributed by atoms with Crippen molar-refractivity contribution in [1.82, 2.24) is 9.62 Å². The number of sulfonamides is 1.